The van der Waals surface area contributed by atoms with Crippen molar-refractivity contribution >= 4 is 23.3 Å². The van der Waals surface area contributed by atoms with Crippen LogP contribution in [0.25, 0.3) is 5.69 Å². The third kappa shape index (κ3) is 3.85. The molecular formula is C20H20N4O4. The van der Waals surface area contributed by atoms with Gasteiger partial charge >= 0.3 is 5.97 Å². The predicted molar refractivity (Wildman–Crippen MR) is 103 cm³/mol. The minimum Gasteiger partial charge on any atom is -0.465 e. The van der Waals surface area contributed by atoms with Gasteiger partial charge in [-0.25, -0.2) is 9.48 Å². The third-order valence-corrected chi connectivity index (χ3v) is 4.33. The van der Waals surface area contributed by atoms with E-state index in [9.17, 15) is 14.4 Å². The van der Waals surface area contributed by atoms with Gasteiger partial charge in [0.05, 0.1) is 30.5 Å². The van der Waals surface area contributed by atoms with Gasteiger partial charge in [-0.1, -0.05) is 0 Å². The van der Waals surface area contributed by atoms with Gasteiger partial charge in [0, 0.05) is 30.7 Å². The van der Waals surface area contributed by atoms with Crippen molar-refractivity contribution in [3.05, 3.63) is 65.2 Å². The first-order chi connectivity index (χ1) is 13.4. The van der Waals surface area contributed by atoms with Gasteiger partial charge in [-0.15, -0.1) is 0 Å². The summed E-state index contributed by atoms with van der Waals surface area (Å²) in [6, 6.07) is 9.00. The molecule has 3 rings (SSSR count). The molecule has 0 aliphatic heterocycles. The minimum atomic E-state index is -0.590. The summed E-state index contributed by atoms with van der Waals surface area (Å²) in [7, 11) is 1.26. The van der Waals surface area contributed by atoms with Crippen LogP contribution in [-0.4, -0.2) is 39.5 Å². The molecule has 0 radical (unpaired) electrons. The van der Waals surface area contributed by atoms with Gasteiger partial charge in [0.1, 0.15) is 0 Å². The van der Waals surface area contributed by atoms with E-state index in [1.54, 1.807) is 29.9 Å². The van der Waals surface area contributed by atoms with Gasteiger partial charge in [-0.05, 0) is 42.8 Å². The molecule has 0 aliphatic carbocycles. The topological polar surface area (TPSA) is 106 Å². The Morgan fingerprint density at radius 2 is 1.93 bits per heavy atom. The Morgan fingerprint density at radius 1 is 1.21 bits per heavy atom. The first-order valence-electron chi connectivity index (χ1n) is 8.61. The molecule has 1 aromatic carbocycles. The number of ether oxygens (including phenoxy) is 1. The molecule has 8 heteroatoms. The second-order valence-electron chi connectivity index (χ2n) is 6.25. The van der Waals surface area contributed by atoms with Crippen molar-refractivity contribution in [1.29, 1.82) is 0 Å². The molecular weight excluding hydrogens is 360 g/mol. The van der Waals surface area contributed by atoms with E-state index >= 15 is 0 Å². The highest BCUT2D eigenvalue weighted by molar-refractivity contribution is 6.02. The van der Waals surface area contributed by atoms with Crippen molar-refractivity contribution in [3.8, 4) is 5.69 Å². The Balaban J connectivity index is 1.77. The first-order valence-corrected chi connectivity index (χ1v) is 8.61. The van der Waals surface area contributed by atoms with Crippen LogP contribution in [0.5, 0.6) is 0 Å². The number of ketones is 1. The zero-order chi connectivity index (χ0) is 20.3. The predicted octanol–water partition coefficient (Wildman–Crippen LogP) is 2.68. The lowest BCUT2D eigenvalue weighted by atomic mass is 10.1. The number of nitrogens with zero attached hydrogens (tertiary/aromatic N) is 2. The van der Waals surface area contributed by atoms with E-state index in [1.165, 1.54) is 14.0 Å². The summed E-state index contributed by atoms with van der Waals surface area (Å²) >= 11 is 0. The number of rotatable bonds is 6. The second-order valence-corrected chi connectivity index (χ2v) is 6.25. The zero-order valence-corrected chi connectivity index (χ0v) is 15.8. The van der Waals surface area contributed by atoms with Crippen LogP contribution in [0.3, 0.4) is 0 Å². The van der Waals surface area contributed by atoms with E-state index in [0.717, 1.165) is 5.69 Å². The monoisotopic (exact) mass is 380 g/mol. The number of amides is 1. The highest BCUT2D eigenvalue weighted by Gasteiger charge is 2.24. The molecule has 2 aromatic heterocycles. The van der Waals surface area contributed by atoms with E-state index in [2.05, 4.69) is 15.4 Å². The van der Waals surface area contributed by atoms with Crippen molar-refractivity contribution in [2.24, 2.45) is 0 Å². The molecule has 3 aromatic rings. The molecule has 8 nitrogen and oxygen atoms in total. The van der Waals surface area contributed by atoms with Crippen LogP contribution in [0.2, 0.25) is 0 Å². The number of esters is 1. The molecule has 0 atom stereocenters. The lowest BCUT2D eigenvalue weighted by Crippen LogP contribution is -2.17. The van der Waals surface area contributed by atoms with Gasteiger partial charge in [0.15, 0.2) is 5.78 Å². The lowest BCUT2D eigenvalue weighted by Gasteiger charge is -2.07. The summed E-state index contributed by atoms with van der Waals surface area (Å²) in [5.41, 5.74) is 2.81. The average molecular weight is 380 g/mol. The number of hydrogen-bond donors (Lipinski definition) is 2. The fourth-order valence-electron chi connectivity index (χ4n) is 3.01. The Labute approximate surface area is 161 Å². The normalized spacial score (nSPS) is 10.5. The fraction of sp³-hybridized carbons (Fsp3) is 0.200. The van der Waals surface area contributed by atoms with E-state index in [1.807, 2.05) is 24.4 Å². The van der Waals surface area contributed by atoms with Gasteiger partial charge < -0.3 is 15.0 Å². The van der Waals surface area contributed by atoms with Crippen molar-refractivity contribution < 1.29 is 19.1 Å². The summed E-state index contributed by atoms with van der Waals surface area (Å²) in [5.74, 6) is -1.13. The molecule has 0 saturated heterocycles. The Hall–Kier alpha value is -3.68. The summed E-state index contributed by atoms with van der Waals surface area (Å²) in [6.45, 7) is 3.04. The number of benzene rings is 1. The SMILES string of the molecule is COC(=O)c1c(CC(=O)Nc2ccc(-n3cccn3)cc2)[nH]c(C(C)=O)c1C. The van der Waals surface area contributed by atoms with Crippen LogP contribution in [-0.2, 0) is 16.0 Å². The Bertz CT molecular complexity index is 1020. The van der Waals surface area contributed by atoms with Gasteiger partial charge in [0.2, 0.25) is 5.91 Å². The fourth-order valence-corrected chi connectivity index (χ4v) is 3.01. The molecule has 1 amide bonds. The smallest absolute Gasteiger partial charge is 0.339 e. The van der Waals surface area contributed by atoms with Gasteiger partial charge in [0.25, 0.3) is 0 Å². The number of H-pyrrole nitrogens is 1. The number of carbonyl (C=O) groups excluding carboxylic acids is 3. The molecule has 0 spiro atoms. The number of nitrogens with one attached hydrogen (secondary N) is 2. The van der Waals surface area contributed by atoms with E-state index < -0.39 is 5.97 Å². The largest absolute Gasteiger partial charge is 0.465 e. The Kier molecular flexibility index (Phi) is 5.39. The van der Waals surface area contributed by atoms with Crippen molar-refractivity contribution in [2.45, 2.75) is 20.3 Å². The van der Waals surface area contributed by atoms with Crippen LogP contribution >= 0.6 is 0 Å². The maximum Gasteiger partial charge on any atom is 0.339 e. The molecule has 28 heavy (non-hydrogen) atoms. The average Bonchev–Trinajstić information content (AvgIpc) is 3.30. The van der Waals surface area contributed by atoms with E-state index in [-0.39, 0.29) is 23.7 Å². The second kappa shape index (κ2) is 7.91. The van der Waals surface area contributed by atoms with Crippen LogP contribution in [0, 0.1) is 6.92 Å². The van der Waals surface area contributed by atoms with E-state index in [4.69, 9.17) is 4.74 Å². The van der Waals surface area contributed by atoms with Crippen molar-refractivity contribution in [1.82, 2.24) is 14.8 Å². The lowest BCUT2D eigenvalue weighted by molar-refractivity contribution is -0.115. The summed E-state index contributed by atoms with van der Waals surface area (Å²) in [5, 5.41) is 6.93. The highest BCUT2D eigenvalue weighted by atomic mass is 16.5. The maximum atomic E-state index is 12.5. The van der Waals surface area contributed by atoms with Crippen LogP contribution in [0.1, 0.15) is 39.0 Å². The number of methoxy groups -OCH3 is 1. The zero-order valence-electron chi connectivity index (χ0n) is 15.8. The Morgan fingerprint density at radius 3 is 2.50 bits per heavy atom. The van der Waals surface area contributed by atoms with Crippen LogP contribution in [0.15, 0.2) is 42.7 Å². The summed E-state index contributed by atoms with van der Waals surface area (Å²) in [4.78, 5) is 39.2. The molecule has 0 aliphatic rings. The maximum absolute atomic E-state index is 12.5. The van der Waals surface area contributed by atoms with Crippen LogP contribution < -0.4 is 5.32 Å². The molecule has 144 valence electrons. The van der Waals surface area contributed by atoms with Gasteiger partial charge in [-0.2, -0.15) is 5.10 Å². The standard InChI is InChI=1S/C20H20N4O4/c1-12-18(20(27)28-3)16(23-19(12)13(2)25)11-17(26)22-14-5-7-15(8-6-14)24-10-4-9-21-24/h4-10,23H,11H2,1-3H3,(H,22,26). The van der Waals surface area contributed by atoms with E-state index in [0.29, 0.717) is 22.6 Å². The van der Waals surface area contributed by atoms with Crippen molar-refractivity contribution in [2.75, 3.05) is 12.4 Å². The number of aromatic amines is 1. The molecule has 0 bridgehead atoms. The molecule has 0 unspecified atom stereocenters. The quantitative estimate of drug-likeness (QED) is 0.505. The number of hydrogen-bond acceptors (Lipinski definition) is 5. The highest BCUT2D eigenvalue weighted by Crippen LogP contribution is 2.21. The molecule has 2 N–H and O–H groups in total. The third-order valence-electron chi connectivity index (χ3n) is 4.33. The number of aromatic nitrogens is 3. The molecule has 0 saturated carbocycles. The van der Waals surface area contributed by atoms with Gasteiger partial charge in [-0.3, -0.25) is 9.59 Å². The first kappa shape index (κ1) is 19.1. The van der Waals surface area contributed by atoms with Crippen LogP contribution in [0.4, 0.5) is 5.69 Å². The summed E-state index contributed by atoms with van der Waals surface area (Å²) in [6.07, 6.45) is 3.41. The molecule has 0 fully saturated rings. The number of anilines is 1. The number of carbonyl (C=O) groups is 3. The molecule has 2 heterocycles. The number of Topliss-reactive ketones (excluding diaryl/α,β-unsaturated/α-hetero) is 1. The minimum absolute atomic E-state index is 0.0978. The summed E-state index contributed by atoms with van der Waals surface area (Å²) < 4.78 is 6.50. The van der Waals surface area contributed by atoms with Crippen molar-refractivity contribution in [3.63, 3.8) is 0 Å².